The fourth-order valence-corrected chi connectivity index (χ4v) is 1.63. The number of ether oxygens (including phenoxy) is 1. The molecule has 1 rings (SSSR count). The van der Waals surface area contributed by atoms with Gasteiger partial charge >= 0.3 is 5.97 Å². The highest BCUT2D eigenvalue weighted by Gasteiger charge is 2.10. The second-order valence-electron chi connectivity index (χ2n) is 3.95. The SMILES string of the molecule is CCOC(=O)CC(=O)CCc1ccccc1C. The van der Waals surface area contributed by atoms with Gasteiger partial charge in [0.2, 0.25) is 0 Å². The first-order chi connectivity index (χ1) is 8.13. The van der Waals surface area contributed by atoms with Crippen molar-refractivity contribution in [2.75, 3.05) is 6.61 Å². The molecule has 0 N–H and O–H groups in total. The van der Waals surface area contributed by atoms with Gasteiger partial charge in [0.25, 0.3) is 0 Å². The molecule has 0 fully saturated rings. The quantitative estimate of drug-likeness (QED) is 0.561. The summed E-state index contributed by atoms with van der Waals surface area (Å²) in [7, 11) is 0. The maximum atomic E-state index is 11.5. The van der Waals surface area contributed by atoms with Crippen molar-refractivity contribution >= 4 is 11.8 Å². The first-order valence-electron chi connectivity index (χ1n) is 5.85. The van der Waals surface area contributed by atoms with Gasteiger partial charge < -0.3 is 4.74 Å². The monoisotopic (exact) mass is 234 g/mol. The minimum atomic E-state index is -0.428. The second-order valence-corrected chi connectivity index (χ2v) is 3.95. The van der Waals surface area contributed by atoms with E-state index >= 15 is 0 Å². The average Bonchev–Trinajstić information content (AvgIpc) is 2.28. The number of carbonyl (C=O) groups is 2. The summed E-state index contributed by atoms with van der Waals surface area (Å²) in [6.07, 6.45) is 0.967. The van der Waals surface area contributed by atoms with Gasteiger partial charge in [0.15, 0.2) is 0 Å². The number of esters is 1. The van der Waals surface area contributed by atoms with Crippen LogP contribution in [-0.4, -0.2) is 18.4 Å². The highest BCUT2D eigenvalue weighted by molar-refractivity contribution is 5.95. The van der Waals surface area contributed by atoms with Crippen molar-refractivity contribution in [3.05, 3.63) is 35.4 Å². The minimum absolute atomic E-state index is 0.0632. The molecular formula is C14H18O3. The molecule has 0 bridgehead atoms. The summed E-state index contributed by atoms with van der Waals surface area (Å²) < 4.78 is 4.73. The Morgan fingerprint density at radius 2 is 1.94 bits per heavy atom. The maximum Gasteiger partial charge on any atom is 0.313 e. The molecule has 0 saturated heterocycles. The third kappa shape index (κ3) is 4.81. The van der Waals surface area contributed by atoms with Gasteiger partial charge in [0, 0.05) is 6.42 Å². The van der Waals surface area contributed by atoms with Crippen LogP contribution in [0.5, 0.6) is 0 Å². The number of rotatable bonds is 6. The van der Waals surface area contributed by atoms with Crippen molar-refractivity contribution in [2.45, 2.75) is 33.1 Å². The Morgan fingerprint density at radius 3 is 2.59 bits per heavy atom. The molecule has 0 atom stereocenters. The highest BCUT2D eigenvalue weighted by atomic mass is 16.5. The minimum Gasteiger partial charge on any atom is -0.466 e. The van der Waals surface area contributed by atoms with E-state index in [4.69, 9.17) is 4.74 Å². The summed E-state index contributed by atoms with van der Waals surface area (Å²) in [6, 6.07) is 7.95. The Balaban J connectivity index is 2.38. The van der Waals surface area contributed by atoms with Crippen molar-refractivity contribution in [3.8, 4) is 0 Å². The number of benzene rings is 1. The lowest BCUT2D eigenvalue weighted by atomic mass is 10.0. The maximum absolute atomic E-state index is 11.5. The van der Waals surface area contributed by atoms with Gasteiger partial charge in [-0.15, -0.1) is 0 Å². The van der Waals surface area contributed by atoms with E-state index in [1.165, 1.54) is 5.56 Å². The Labute approximate surface area is 102 Å². The molecule has 1 aromatic carbocycles. The number of Topliss-reactive ketones (excluding diaryl/α,β-unsaturated/α-hetero) is 1. The molecular weight excluding hydrogens is 216 g/mol. The molecule has 17 heavy (non-hydrogen) atoms. The zero-order valence-corrected chi connectivity index (χ0v) is 10.4. The second kappa shape index (κ2) is 6.84. The van der Waals surface area contributed by atoms with Crippen LogP contribution in [-0.2, 0) is 20.7 Å². The smallest absolute Gasteiger partial charge is 0.313 e. The van der Waals surface area contributed by atoms with Crippen LogP contribution in [0.1, 0.15) is 30.9 Å². The van der Waals surface area contributed by atoms with Crippen LogP contribution >= 0.6 is 0 Å². The van der Waals surface area contributed by atoms with Crippen molar-refractivity contribution < 1.29 is 14.3 Å². The molecule has 0 amide bonds. The molecule has 0 aliphatic heterocycles. The number of hydrogen-bond donors (Lipinski definition) is 0. The summed E-state index contributed by atoms with van der Waals surface area (Å²) in [5.74, 6) is -0.492. The third-order valence-electron chi connectivity index (χ3n) is 2.58. The number of ketones is 1. The number of hydrogen-bond acceptors (Lipinski definition) is 3. The van der Waals surface area contributed by atoms with Gasteiger partial charge in [-0.2, -0.15) is 0 Å². The zero-order valence-electron chi connectivity index (χ0n) is 10.4. The Morgan fingerprint density at radius 1 is 1.24 bits per heavy atom. The van der Waals surface area contributed by atoms with Gasteiger partial charge in [0.1, 0.15) is 12.2 Å². The molecule has 0 aromatic heterocycles. The first kappa shape index (κ1) is 13.4. The van der Waals surface area contributed by atoms with Crippen LogP contribution in [0.15, 0.2) is 24.3 Å². The van der Waals surface area contributed by atoms with E-state index in [2.05, 4.69) is 0 Å². The van der Waals surface area contributed by atoms with Gasteiger partial charge in [-0.3, -0.25) is 9.59 Å². The molecule has 3 nitrogen and oxygen atoms in total. The van der Waals surface area contributed by atoms with E-state index in [9.17, 15) is 9.59 Å². The van der Waals surface area contributed by atoms with E-state index in [0.29, 0.717) is 19.4 Å². The lowest BCUT2D eigenvalue weighted by molar-refractivity contribution is -0.145. The van der Waals surface area contributed by atoms with Gasteiger partial charge in [-0.25, -0.2) is 0 Å². The van der Waals surface area contributed by atoms with Crippen LogP contribution in [0.2, 0.25) is 0 Å². The van der Waals surface area contributed by atoms with E-state index in [1.54, 1.807) is 6.92 Å². The van der Waals surface area contributed by atoms with Crippen molar-refractivity contribution in [1.82, 2.24) is 0 Å². The first-order valence-corrected chi connectivity index (χ1v) is 5.85. The lowest BCUT2D eigenvalue weighted by Crippen LogP contribution is -2.11. The molecule has 0 unspecified atom stereocenters. The molecule has 0 aliphatic rings. The fraction of sp³-hybridized carbons (Fsp3) is 0.429. The Bertz CT molecular complexity index is 396. The third-order valence-corrected chi connectivity index (χ3v) is 2.58. The van der Waals surface area contributed by atoms with Crippen molar-refractivity contribution in [1.29, 1.82) is 0 Å². The topological polar surface area (TPSA) is 43.4 Å². The van der Waals surface area contributed by atoms with E-state index in [-0.39, 0.29) is 12.2 Å². The molecule has 3 heteroatoms. The normalized spacial score (nSPS) is 10.0. The van der Waals surface area contributed by atoms with Gasteiger partial charge in [0.05, 0.1) is 6.61 Å². The molecule has 0 heterocycles. The van der Waals surface area contributed by atoms with Crippen molar-refractivity contribution in [2.24, 2.45) is 0 Å². The van der Waals surface area contributed by atoms with E-state index in [1.807, 2.05) is 31.2 Å². The van der Waals surface area contributed by atoms with Crippen LogP contribution < -0.4 is 0 Å². The molecule has 0 spiro atoms. The summed E-state index contributed by atoms with van der Waals surface area (Å²) >= 11 is 0. The molecule has 1 aromatic rings. The highest BCUT2D eigenvalue weighted by Crippen LogP contribution is 2.10. The van der Waals surface area contributed by atoms with Gasteiger partial charge in [-0.1, -0.05) is 24.3 Å². The summed E-state index contributed by atoms with van der Waals surface area (Å²) in [5, 5.41) is 0. The van der Waals surface area contributed by atoms with Crippen LogP contribution in [0, 0.1) is 6.92 Å². The van der Waals surface area contributed by atoms with E-state index < -0.39 is 5.97 Å². The predicted octanol–water partition coefficient (Wildman–Crippen LogP) is 2.45. The van der Waals surface area contributed by atoms with Crippen LogP contribution in [0.25, 0.3) is 0 Å². The van der Waals surface area contributed by atoms with Crippen LogP contribution in [0.4, 0.5) is 0 Å². The zero-order chi connectivity index (χ0) is 12.7. The van der Waals surface area contributed by atoms with E-state index in [0.717, 1.165) is 5.56 Å². The molecule has 0 saturated carbocycles. The molecule has 0 radical (unpaired) electrons. The number of carbonyl (C=O) groups excluding carboxylic acids is 2. The molecule has 0 aliphatic carbocycles. The largest absolute Gasteiger partial charge is 0.466 e. The lowest BCUT2D eigenvalue weighted by Gasteiger charge is -2.04. The fourth-order valence-electron chi connectivity index (χ4n) is 1.63. The number of aryl methyl sites for hydroxylation is 2. The van der Waals surface area contributed by atoms with Crippen molar-refractivity contribution in [3.63, 3.8) is 0 Å². The summed E-state index contributed by atoms with van der Waals surface area (Å²) in [5.41, 5.74) is 2.33. The van der Waals surface area contributed by atoms with Crippen LogP contribution in [0.3, 0.4) is 0 Å². The Hall–Kier alpha value is -1.64. The Kier molecular flexibility index (Phi) is 5.40. The average molecular weight is 234 g/mol. The predicted molar refractivity (Wildman–Crippen MR) is 65.8 cm³/mol. The summed E-state index contributed by atoms with van der Waals surface area (Å²) in [6.45, 7) is 4.07. The summed E-state index contributed by atoms with van der Waals surface area (Å²) in [4.78, 5) is 22.6. The standard InChI is InChI=1S/C14H18O3/c1-3-17-14(16)10-13(15)9-8-12-7-5-4-6-11(12)2/h4-7H,3,8-10H2,1-2H3. The van der Waals surface area contributed by atoms with Gasteiger partial charge in [-0.05, 0) is 31.4 Å². The molecule has 92 valence electrons.